The Morgan fingerprint density at radius 3 is 1.27 bits per heavy atom. The van der Waals surface area contributed by atoms with Gasteiger partial charge >= 0.3 is 39.8 Å². The lowest BCUT2D eigenvalue weighted by atomic mass is 9.99. The Morgan fingerprint density at radius 1 is 0.533 bits per heavy atom. The molecule has 0 radical (unpaired) electrons. The first-order valence-electron chi connectivity index (χ1n) is 40.3. The predicted molar refractivity (Wildman–Crippen MR) is 460 cm³/mol. The van der Waals surface area contributed by atoms with E-state index in [2.05, 4.69) is 141 Å². The number of esters is 2. The smallest absolute Gasteiger partial charge is 0.497 e. The number of rotatable bonds is 29. The molecular formula is C89H131F3N2O23SSi2. The van der Waals surface area contributed by atoms with Gasteiger partial charge in [0, 0.05) is 63.8 Å². The van der Waals surface area contributed by atoms with Gasteiger partial charge in [-0.2, -0.15) is 21.6 Å². The zero-order valence-electron chi connectivity index (χ0n) is 75.7. The molecule has 4 aliphatic rings. The Morgan fingerprint density at radius 2 is 0.908 bits per heavy atom. The molecule has 2 amide bonds. The van der Waals surface area contributed by atoms with E-state index in [0.717, 1.165) is 28.7 Å². The fraction of sp³-hybridized carbons (Fsp3) is 0.596. The number of benzene rings is 4. The van der Waals surface area contributed by atoms with Crippen LogP contribution in [0.5, 0.6) is 28.7 Å². The summed E-state index contributed by atoms with van der Waals surface area (Å²) in [4.78, 5) is 50.1. The van der Waals surface area contributed by atoms with Gasteiger partial charge in [-0.05, 0) is 191 Å². The molecule has 670 valence electrons. The van der Waals surface area contributed by atoms with Crippen LogP contribution in [0.15, 0.2) is 116 Å². The van der Waals surface area contributed by atoms with Crippen LogP contribution < -0.4 is 33.8 Å². The highest BCUT2D eigenvalue weighted by Gasteiger charge is 2.51. The molecule has 10 atom stereocenters. The van der Waals surface area contributed by atoms with Gasteiger partial charge in [0.15, 0.2) is 34.0 Å². The maximum atomic E-state index is 13.3. The number of alkyl halides is 3. The molecule has 120 heavy (non-hydrogen) atoms. The van der Waals surface area contributed by atoms with Crippen LogP contribution >= 0.6 is 0 Å². The average molecular weight is 1740 g/mol. The van der Waals surface area contributed by atoms with Gasteiger partial charge in [-0.1, -0.05) is 122 Å². The monoisotopic (exact) mass is 1740 g/mol. The molecule has 8 rings (SSSR count). The van der Waals surface area contributed by atoms with E-state index in [0.29, 0.717) is 43.4 Å². The van der Waals surface area contributed by atoms with E-state index in [9.17, 15) is 40.8 Å². The third-order valence-corrected chi connectivity index (χ3v) is 30.5. The van der Waals surface area contributed by atoms with Gasteiger partial charge in [-0.3, -0.25) is 10.6 Å². The summed E-state index contributed by atoms with van der Waals surface area (Å²) in [5.41, 5.74) is -5.05. The van der Waals surface area contributed by atoms with Crippen molar-refractivity contribution in [2.75, 3.05) is 24.9 Å². The van der Waals surface area contributed by atoms with Gasteiger partial charge in [0.25, 0.3) is 0 Å². The quantitative estimate of drug-likeness (QED) is 0.0128. The molecule has 2 saturated heterocycles. The lowest BCUT2D eigenvalue weighted by molar-refractivity contribution is -0.156. The van der Waals surface area contributed by atoms with E-state index in [4.69, 9.17) is 75.2 Å². The van der Waals surface area contributed by atoms with Gasteiger partial charge in [0.2, 0.25) is 11.6 Å². The van der Waals surface area contributed by atoms with Gasteiger partial charge in [0.05, 0.1) is 45.3 Å². The maximum Gasteiger partial charge on any atom is 0.534 e. The van der Waals surface area contributed by atoms with Crippen LogP contribution in [0, 0.1) is 11.8 Å². The number of fused-ring (bicyclic) bond motifs is 2. The summed E-state index contributed by atoms with van der Waals surface area (Å²) in [5, 5.41) is 5.24. The number of cyclic esters (lactones) is 2. The van der Waals surface area contributed by atoms with Crippen LogP contribution in [0.1, 0.15) is 216 Å². The summed E-state index contributed by atoms with van der Waals surface area (Å²) in [6, 6.07) is 20.8. The molecule has 31 heteroatoms. The first-order chi connectivity index (χ1) is 54.9. The van der Waals surface area contributed by atoms with Crippen molar-refractivity contribution >= 4 is 68.3 Å². The topological polar surface area (TPSA) is 283 Å². The number of ether oxygens (including phenoxy) is 14. The predicted octanol–water partition coefficient (Wildman–Crippen LogP) is 21.3. The summed E-state index contributed by atoms with van der Waals surface area (Å²) < 4.78 is 160. The molecule has 0 spiro atoms. The van der Waals surface area contributed by atoms with E-state index in [1.807, 2.05) is 88.4 Å². The summed E-state index contributed by atoms with van der Waals surface area (Å²) in [5.74, 6) is -5.13. The number of halogens is 3. The van der Waals surface area contributed by atoms with Crippen molar-refractivity contribution in [3.05, 3.63) is 144 Å². The normalized spacial score (nSPS) is 20.6. The Balaban J connectivity index is 0.000000299. The van der Waals surface area contributed by atoms with E-state index in [1.165, 1.54) is 13.8 Å². The van der Waals surface area contributed by atoms with Crippen molar-refractivity contribution < 1.29 is 120 Å². The van der Waals surface area contributed by atoms with Crippen LogP contribution in [0.3, 0.4) is 0 Å². The van der Waals surface area contributed by atoms with E-state index in [-0.39, 0.29) is 75.2 Å². The minimum Gasteiger partial charge on any atom is -0.497 e. The van der Waals surface area contributed by atoms with Crippen molar-refractivity contribution in [2.24, 2.45) is 11.8 Å². The van der Waals surface area contributed by atoms with Gasteiger partial charge < -0.3 is 79.4 Å². The number of nitrogens with one attached hydrogen (secondary N) is 2. The van der Waals surface area contributed by atoms with Gasteiger partial charge in [-0.25, -0.2) is 19.2 Å². The number of methoxy groups -OCH3 is 2. The lowest BCUT2D eigenvalue weighted by Crippen LogP contribution is -2.44. The highest BCUT2D eigenvalue weighted by atomic mass is 32.2. The fourth-order valence-corrected chi connectivity index (χ4v) is 15.6. The second-order valence-electron chi connectivity index (χ2n) is 37.1. The molecule has 4 heterocycles. The molecule has 25 nitrogen and oxygen atoms in total. The largest absolute Gasteiger partial charge is 0.534 e. The molecule has 0 saturated carbocycles. The Hall–Kier alpha value is -7.83. The Bertz CT molecular complexity index is 4360. The number of carbonyl (C=O) groups excluding carboxylic acids is 4. The maximum absolute atomic E-state index is 13.3. The molecule has 2 fully saturated rings. The van der Waals surface area contributed by atoms with E-state index in [1.54, 1.807) is 87.8 Å². The molecule has 0 aliphatic carbocycles. The number of hydrogen-bond donors (Lipinski definition) is 2. The minimum absolute atomic E-state index is 0.00181. The lowest BCUT2D eigenvalue weighted by Gasteiger charge is -2.39. The number of carbonyl (C=O) groups is 4. The second-order valence-corrected chi connectivity index (χ2v) is 48.2. The van der Waals surface area contributed by atoms with Crippen molar-refractivity contribution in [3.8, 4) is 28.7 Å². The summed E-state index contributed by atoms with van der Waals surface area (Å²) in [6.45, 7) is 59.8. The molecule has 0 aromatic heterocycles. The van der Waals surface area contributed by atoms with Crippen LogP contribution in [0.25, 0.3) is 6.08 Å². The number of amides is 2. The first-order valence-corrected chi connectivity index (χ1v) is 47.5. The molecular weight excluding hydrogens is 1610 g/mol. The number of anilines is 2. The van der Waals surface area contributed by atoms with Crippen LogP contribution in [-0.2, 0) is 79.6 Å². The third kappa shape index (κ3) is 30.0. The highest BCUT2D eigenvalue weighted by molar-refractivity contribution is 7.88. The number of hydrogen-bond acceptors (Lipinski definition) is 23. The zero-order chi connectivity index (χ0) is 90.7. The molecule has 4 aromatic carbocycles. The highest BCUT2D eigenvalue weighted by Crippen LogP contribution is 2.45. The zero-order valence-corrected chi connectivity index (χ0v) is 78.5. The van der Waals surface area contributed by atoms with Crippen molar-refractivity contribution in [1.29, 1.82) is 0 Å². The van der Waals surface area contributed by atoms with Crippen LogP contribution in [-0.4, -0.2) is 152 Å². The molecule has 4 aliphatic heterocycles. The Kier molecular flexibility index (Phi) is 33.5. The van der Waals surface area contributed by atoms with E-state index < -0.39 is 120 Å². The molecule has 2 N–H and O–H groups in total. The second kappa shape index (κ2) is 39.8. The molecule has 0 bridgehead atoms. The van der Waals surface area contributed by atoms with Gasteiger partial charge in [-0.15, -0.1) is 6.58 Å². The standard InChI is InChI=1S/C44H65NO10Si.C29H48O5Si.C16H18F3NO8S/c1-28(29(2)55-56(14,15)42(6,7)8)19-24-34(49-27-30-20-22-33(48-13)23-21-30)38-35(50-43(9,10)52-38)18-16-17-31-25-32(45-40(47)54-41(3,4)5)26-36-37(31)39(46)53-44(11,12)51-36;1-12-13-26-27(33-29(7,8)32-26)25(31-20-23-15-17-24(30-9)18-16-23)19-14-21(2)22(3)34-35(10,11)28(4,5)6;1-14(2,3)27-13(22)20-8-6-9-11(12(21)26-15(4,5)25-9)10(7-8)28-29(23,24)16(17,18)19/h16-17,19-26,28-29,34-35,38H,18,27H2,1-15H3,(H,45,47);12,14-19,21-22,25-27H,1,13,20H2,2-11H3;6-7H,1-5H3,(H,20,22)/b17-16+,24-19-;19-14-;/t28-,29+,34?,35+,38-;21-,22+,25?,26+,27-;/m11./s1. The summed E-state index contributed by atoms with van der Waals surface area (Å²) in [6.07, 6.45) is 11.8. The SMILES string of the molecule is C=CC[C@@H]1OC(C)(C)O[C@@H]1C(/C=C\[C@@H](C)[C@H](C)O[Si](C)(C)C(C)(C)C)OCc1ccc(OC)cc1.CC(C)(C)OC(=O)Nc1cc2c(c(OS(=O)(=O)C(F)(F)F)c1)C(=O)OC(C)(C)O2.COc1ccc(COC(/C=C\[C@@H](C)[C@H](C)O[Si](C)(C)C(C)(C)C)[C@H]2OC(C)(C)O[C@H]2C/C=C/c2cc(NC(=O)OC(C)(C)C)cc3c2C(=O)OC(C)(C)O3)cc1. The van der Waals surface area contributed by atoms with E-state index >= 15 is 0 Å². The summed E-state index contributed by atoms with van der Waals surface area (Å²) >= 11 is 0. The first kappa shape index (κ1) is 101. The minimum atomic E-state index is -6.12. The van der Waals surface area contributed by atoms with Crippen LogP contribution in [0.2, 0.25) is 36.3 Å². The van der Waals surface area contributed by atoms with Crippen LogP contribution in [0.4, 0.5) is 34.1 Å². The molecule has 2 unspecified atom stereocenters. The Labute approximate surface area is 711 Å². The molecule has 4 aromatic rings. The average Bonchev–Trinajstić information content (AvgIpc) is 1.04. The van der Waals surface area contributed by atoms with Crippen molar-refractivity contribution in [2.45, 2.75) is 317 Å². The van der Waals surface area contributed by atoms with Crippen molar-refractivity contribution in [1.82, 2.24) is 0 Å². The summed E-state index contributed by atoms with van der Waals surface area (Å²) in [7, 11) is -6.64. The van der Waals surface area contributed by atoms with Crippen molar-refractivity contribution in [3.63, 3.8) is 0 Å². The fourth-order valence-electron chi connectivity index (χ4n) is 12.1. The third-order valence-electron chi connectivity index (χ3n) is 20.4. The van der Waals surface area contributed by atoms with Gasteiger partial charge in [0.1, 0.15) is 69.7 Å².